The molecule has 0 aliphatic carbocycles. The van der Waals surface area contributed by atoms with Crippen LogP contribution in [0.4, 0.5) is 8.78 Å². The number of hydrogen-bond donors (Lipinski definition) is 0. The van der Waals surface area contributed by atoms with Gasteiger partial charge in [0.25, 0.3) is 0 Å². The van der Waals surface area contributed by atoms with Crippen molar-refractivity contribution in [3.8, 4) is 0 Å². The smallest absolute Gasteiger partial charge is 0.134 e. The van der Waals surface area contributed by atoms with Crippen LogP contribution in [-0.4, -0.2) is 6.17 Å². The average molecular weight is 121 g/mol. The largest absolute Gasteiger partial charge is 0.247 e. The van der Waals surface area contributed by atoms with Gasteiger partial charge in [0, 0.05) is 6.42 Å². The Balaban J connectivity index is 2.92. The monoisotopic (exact) mass is 121 g/mol. The topological polar surface area (TPSA) is 0 Å². The van der Waals surface area contributed by atoms with E-state index in [0.717, 1.165) is 6.42 Å². The van der Waals surface area contributed by atoms with Gasteiger partial charge in [-0.25, -0.2) is 8.78 Å². The molecule has 0 aliphatic rings. The van der Waals surface area contributed by atoms with Crippen molar-refractivity contribution in [3.63, 3.8) is 0 Å². The number of halogens is 2. The summed E-state index contributed by atoms with van der Waals surface area (Å²) in [7, 11) is 0. The van der Waals surface area contributed by atoms with E-state index in [1.807, 2.05) is 6.92 Å². The highest BCUT2D eigenvalue weighted by molar-refractivity contribution is 4.59. The molecule has 8 heavy (non-hydrogen) atoms. The third-order valence-corrected chi connectivity index (χ3v) is 0.947. The van der Waals surface area contributed by atoms with Crippen LogP contribution < -0.4 is 0 Å². The second-order valence-corrected chi connectivity index (χ2v) is 1.78. The van der Waals surface area contributed by atoms with Gasteiger partial charge in [0.15, 0.2) is 0 Å². The van der Waals surface area contributed by atoms with E-state index in [0.29, 0.717) is 13.1 Å². The molecule has 0 aromatic rings. The minimum Gasteiger partial charge on any atom is -0.247 e. The van der Waals surface area contributed by atoms with Crippen LogP contribution in [0.3, 0.4) is 0 Å². The maximum absolute atomic E-state index is 12.1. The van der Waals surface area contributed by atoms with E-state index in [9.17, 15) is 8.78 Å². The fraction of sp³-hybridized carbons (Fsp3) is 0.833. The van der Waals surface area contributed by atoms with Crippen LogP contribution in [0.5, 0.6) is 0 Å². The summed E-state index contributed by atoms with van der Waals surface area (Å²) in [4.78, 5) is 0. The fourth-order valence-electron chi connectivity index (χ4n) is 0.528. The lowest BCUT2D eigenvalue weighted by molar-refractivity contribution is 0.291. The predicted octanol–water partition coefficient (Wildman–Crippen LogP) is 2.65. The molecule has 0 aromatic heterocycles. The summed E-state index contributed by atoms with van der Waals surface area (Å²) in [5.41, 5.74) is 0. The molecule has 0 N–H and O–H groups in total. The zero-order chi connectivity index (χ0) is 6.41. The number of alkyl halides is 1. The van der Waals surface area contributed by atoms with Gasteiger partial charge in [-0.05, 0) is 6.42 Å². The molecule has 1 unspecified atom stereocenters. The van der Waals surface area contributed by atoms with Crippen LogP contribution >= 0.6 is 0 Å². The quantitative estimate of drug-likeness (QED) is 0.536. The third kappa shape index (κ3) is 4.03. The Hall–Kier alpha value is -0.140. The molecule has 2 heteroatoms. The molecule has 0 aliphatic heterocycles. The Bertz CT molecular complexity index is 39.8. The Morgan fingerprint density at radius 2 is 2.25 bits per heavy atom. The molecule has 0 saturated carbocycles. The Morgan fingerprint density at radius 3 is 2.62 bits per heavy atom. The van der Waals surface area contributed by atoms with Crippen molar-refractivity contribution in [2.45, 2.75) is 32.4 Å². The highest BCUT2D eigenvalue weighted by Gasteiger charge is 2.02. The van der Waals surface area contributed by atoms with E-state index >= 15 is 0 Å². The molecule has 0 fully saturated rings. The first-order chi connectivity index (χ1) is 3.81. The molecule has 49 valence electrons. The van der Waals surface area contributed by atoms with Crippen molar-refractivity contribution in [3.05, 3.63) is 6.67 Å². The molecule has 0 saturated heterocycles. The van der Waals surface area contributed by atoms with Crippen molar-refractivity contribution in [1.29, 1.82) is 0 Å². The lowest BCUT2D eigenvalue weighted by atomic mass is 10.2. The van der Waals surface area contributed by atoms with Gasteiger partial charge in [-0.1, -0.05) is 13.3 Å². The molecule has 0 rings (SSSR count). The summed E-state index contributed by atoms with van der Waals surface area (Å²) < 4.78 is 23.3. The van der Waals surface area contributed by atoms with Crippen molar-refractivity contribution in [2.24, 2.45) is 0 Å². The first-order valence-corrected chi connectivity index (χ1v) is 2.87. The second-order valence-electron chi connectivity index (χ2n) is 1.78. The van der Waals surface area contributed by atoms with Crippen molar-refractivity contribution in [2.75, 3.05) is 0 Å². The van der Waals surface area contributed by atoms with E-state index in [2.05, 4.69) is 0 Å². The van der Waals surface area contributed by atoms with E-state index in [4.69, 9.17) is 0 Å². The van der Waals surface area contributed by atoms with Gasteiger partial charge >= 0.3 is 0 Å². The van der Waals surface area contributed by atoms with Gasteiger partial charge in [-0.15, -0.1) is 0 Å². The highest BCUT2D eigenvalue weighted by atomic mass is 19.1. The third-order valence-electron chi connectivity index (χ3n) is 0.947. The SMILES string of the molecule is CCCC(F)C[CH]F. The van der Waals surface area contributed by atoms with Crippen LogP contribution in [0.2, 0.25) is 0 Å². The summed E-state index contributed by atoms with van der Waals surface area (Å²) in [5, 5.41) is 0. The first kappa shape index (κ1) is 7.86. The standard InChI is InChI=1S/C6H11F2/c1-2-3-6(8)4-5-7/h5-6H,2-4H2,1H3. The van der Waals surface area contributed by atoms with Crippen LogP contribution in [0.1, 0.15) is 26.2 Å². The molecule has 1 atom stereocenters. The minimum atomic E-state index is -0.968. The Labute approximate surface area is 48.9 Å². The summed E-state index contributed by atoms with van der Waals surface area (Å²) in [6.45, 7) is 2.26. The summed E-state index contributed by atoms with van der Waals surface area (Å²) in [6, 6.07) is 0. The van der Waals surface area contributed by atoms with Gasteiger partial charge in [0.2, 0.25) is 0 Å². The van der Waals surface area contributed by atoms with Crippen LogP contribution in [0.15, 0.2) is 0 Å². The van der Waals surface area contributed by atoms with Crippen LogP contribution in [0, 0.1) is 6.67 Å². The minimum absolute atomic E-state index is 0.0478. The van der Waals surface area contributed by atoms with Gasteiger partial charge in [0.05, 0.1) is 0 Å². The van der Waals surface area contributed by atoms with Gasteiger partial charge < -0.3 is 0 Å². The lowest BCUT2D eigenvalue weighted by Gasteiger charge is -1.99. The van der Waals surface area contributed by atoms with E-state index in [1.54, 1.807) is 0 Å². The van der Waals surface area contributed by atoms with Gasteiger partial charge in [0.1, 0.15) is 12.8 Å². The number of rotatable bonds is 4. The molecular formula is C6H11F2. The van der Waals surface area contributed by atoms with E-state index in [1.165, 1.54) is 0 Å². The zero-order valence-corrected chi connectivity index (χ0v) is 5.03. The fourth-order valence-corrected chi connectivity index (χ4v) is 0.528. The maximum Gasteiger partial charge on any atom is 0.134 e. The molecular weight excluding hydrogens is 110 g/mol. The maximum atomic E-state index is 12.1. The van der Waals surface area contributed by atoms with Crippen LogP contribution in [-0.2, 0) is 0 Å². The zero-order valence-electron chi connectivity index (χ0n) is 5.03. The van der Waals surface area contributed by atoms with Gasteiger partial charge in [-0.2, -0.15) is 0 Å². The lowest BCUT2D eigenvalue weighted by Crippen LogP contribution is -1.96. The Kier molecular flexibility index (Phi) is 4.92. The molecule has 0 nitrogen and oxygen atoms in total. The summed E-state index contributed by atoms with van der Waals surface area (Å²) in [5.74, 6) is 0. The summed E-state index contributed by atoms with van der Waals surface area (Å²) >= 11 is 0. The predicted molar refractivity (Wildman–Crippen MR) is 29.8 cm³/mol. The van der Waals surface area contributed by atoms with Crippen molar-refractivity contribution >= 4 is 0 Å². The molecule has 0 bridgehead atoms. The normalized spacial score (nSPS) is 13.9. The second kappa shape index (κ2) is 5.01. The molecule has 0 aromatic carbocycles. The molecule has 0 heterocycles. The Morgan fingerprint density at radius 1 is 1.62 bits per heavy atom. The van der Waals surface area contributed by atoms with E-state index < -0.39 is 6.17 Å². The van der Waals surface area contributed by atoms with Crippen molar-refractivity contribution < 1.29 is 8.78 Å². The van der Waals surface area contributed by atoms with Crippen LogP contribution in [0.25, 0.3) is 0 Å². The molecule has 1 radical (unpaired) electrons. The summed E-state index contributed by atoms with van der Waals surface area (Å²) in [6.07, 6.45) is 0.244. The average Bonchev–Trinajstić information content (AvgIpc) is 1.68. The van der Waals surface area contributed by atoms with Crippen molar-refractivity contribution in [1.82, 2.24) is 0 Å². The first-order valence-electron chi connectivity index (χ1n) is 2.87. The molecule has 0 spiro atoms. The van der Waals surface area contributed by atoms with Gasteiger partial charge in [-0.3, -0.25) is 0 Å². The number of hydrogen-bond acceptors (Lipinski definition) is 0. The van der Waals surface area contributed by atoms with E-state index in [-0.39, 0.29) is 6.42 Å². The highest BCUT2D eigenvalue weighted by Crippen LogP contribution is 2.07. The molecule has 0 amide bonds.